The van der Waals surface area contributed by atoms with E-state index in [0.29, 0.717) is 23.8 Å². The lowest BCUT2D eigenvalue weighted by molar-refractivity contribution is 0.121. The van der Waals surface area contributed by atoms with E-state index in [4.69, 9.17) is 9.47 Å². The molecule has 2 aliphatic rings. The van der Waals surface area contributed by atoms with Crippen molar-refractivity contribution >= 4 is 23.6 Å². The van der Waals surface area contributed by atoms with Crippen molar-refractivity contribution in [2.24, 2.45) is 5.92 Å². The molecule has 0 saturated carbocycles. The Labute approximate surface area is 193 Å². The monoisotopic (exact) mass is 456 g/mol. The van der Waals surface area contributed by atoms with E-state index in [1.54, 1.807) is 9.80 Å². The van der Waals surface area contributed by atoms with Crippen LogP contribution in [0.25, 0.3) is 11.1 Å². The van der Waals surface area contributed by atoms with Crippen LogP contribution in [0, 0.1) is 5.92 Å². The van der Waals surface area contributed by atoms with E-state index in [9.17, 15) is 9.59 Å². The second-order valence-electron chi connectivity index (χ2n) is 8.84. The number of methoxy groups -OCH3 is 1. The summed E-state index contributed by atoms with van der Waals surface area (Å²) in [5.41, 5.74) is 3.06. The Hall–Kier alpha value is -3.11. The van der Waals surface area contributed by atoms with Crippen LogP contribution in [-0.4, -0.2) is 67.5 Å². The van der Waals surface area contributed by atoms with E-state index >= 15 is 0 Å². The number of nitrogens with one attached hydrogen (secondary N) is 2. The second-order valence-corrected chi connectivity index (χ2v) is 8.84. The van der Waals surface area contributed by atoms with Gasteiger partial charge in [-0.3, -0.25) is 14.5 Å². The van der Waals surface area contributed by atoms with Gasteiger partial charge in [0.1, 0.15) is 0 Å². The van der Waals surface area contributed by atoms with Gasteiger partial charge in [0, 0.05) is 44.0 Å². The molecule has 1 aromatic carbocycles. The fraction of sp³-hybridized carbons (Fsp3) is 0.522. The molecule has 0 radical (unpaired) electrons. The van der Waals surface area contributed by atoms with Gasteiger partial charge < -0.3 is 20.1 Å². The first-order valence-electron chi connectivity index (χ1n) is 11.3. The van der Waals surface area contributed by atoms with Crippen molar-refractivity contribution in [3.8, 4) is 11.1 Å². The largest absolute Gasteiger partial charge is 0.452 e. The van der Waals surface area contributed by atoms with Crippen LogP contribution in [0.1, 0.15) is 20.8 Å². The Morgan fingerprint density at radius 2 is 1.91 bits per heavy atom. The predicted octanol–water partition coefficient (Wildman–Crippen LogP) is 2.64. The number of carbonyl (C=O) groups is 2. The molecule has 4 rings (SSSR count). The van der Waals surface area contributed by atoms with Crippen molar-refractivity contribution in [1.29, 1.82) is 0 Å². The molecule has 1 saturated heterocycles. The molecule has 2 aliphatic heterocycles. The topological polar surface area (TPSA) is 101 Å². The highest BCUT2D eigenvalue weighted by Gasteiger charge is 2.36. The van der Waals surface area contributed by atoms with Crippen LogP contribution in [-0.2, 0) is 16.0 Å². The lowest BCUT2D eigenvalue weighted by Gasteiger charge is -2.40. The summed E-state index contributed by atoms with van der Waals surface area (Å²) in [6, 6.07) is 5.42. The summed E-state index contributed by atoms with van der Waals surface area (Å²) >= 11 is 0. The zero-order chi connectivity index (χ0) is 23.5. The normalized spacial score (nSPS) is 18.9. The van der Waals surface area contributed by atoms with Crippen molar-refractivity contribution in [3.05, 3.63) is 30.6 Å². The van der Waals surface area contributed by atoms with Gasteiger partial charge in [0.15, 0.2) is 0 Å². The molecule has 0 spiro atoms. The third-order valence-electron chi connectivity index (χ3n) is 5.87. The smallest absolute Gasteiger partial charge is 0.414 e. The Bertz CT molecular complexity index is 1000. The molecular formula is C23H32N6O4. The number of anilines is 2. The molecule has 2 amide bonds. The molecule has 2 N–H and O–H groups in total. The van der Waals surface area contributed by atoms with E-state index in [1.165, 1.54) is 7.11 Å². The fourth-order valence-corrected chi connectivity index (χ4v) is 4.34. The van der Waals surface area contributed by atoms with Gasteiger partial charge in [0.25, 0.3) is 0 Å². The number of carbonyl (C=O) groups excluding carboxylic acids is 2. The maximum atomic E-state index is 12.9. The van der Waals surface area contributed by atoms with E-state index in [0.717, 1.165) is 37.4 Å². The Balaban J connectivity index is 1.65. The van der Waals surface area contributed by atoms with E-state index < -0.39 is 12.2 Å². The number of rotatable bonds is 4. The van der Waals surface area contributed by atoms with Gasteiger partial charge >= 0.3 is 12.2 Å². The van der Waals surface area contributed by atoms with Gasteiger partial charge in [-0.1, -0.05) is 6.07 Å². The van der Waals surface area contributed by atoms with Crippen molar-refractivity contribution < 1.29 is 19.1 Å². The third-order valence-corrected chi connectivity index (χ3v) is 5.87. The average molecular weight is 457 g/mol. The summed E-state index contributed by atoms with van der Waals surface area (Å²) in [5.74, 6) is 0.464. The van der Waals surface area contributed by atoms with Gasteiger partial charge in [0.2, 0.25) is 0 Å². The lowest BCUT2D eigenvalue weighted by Crippen LogP contribution is -2.52. The van der Waals surface area contributed by atoms with Crippen LogP contribution in [0.3, 0.4) is 0 Å². The molecule has 33 heavy (non-hydrogen) atoms. The molecule has 0 unspecified atom stereocenters. The average Bonchev–Trinajstić information content (AvgIpc) is 3.26. The van der Waals surface area contributed by atoms with Crippen molar-refractivity contribution in [2.45, 2.75) is 39.5 Å². The molecule has 10 heteroatoms. The maximum Gasteiger partial charge on any atom is 0.414 e. The number of benzene rings is 1. The molecule has 0 aliphatic carbocycles. The number of aromatic nitrogens is 2. The zero-order valence-corrected chi connectivity index (χ0v) is 19.6. The first kappa shape index (κ1) is 23.1. The van der Waals surface area contributed by atoms with Crippen molar-refractivity contribution in [1.82, 2.24) is 20.4 Å². The van der Waals surface area contributed by atoms with Crippen LogP contribution in [0.4, 0.5) is 21.0 Å². The van der Waals surface area contributed by atoms with Gasteiger partial charge in [0.05, 0.1) is 43.4 Å². The summed E-state index contributed by atoms with van der Waals surface area (Å²) in [4.78, 5) is 28.5. The fourth-order valence-electron chi connectivity index (χ4n) is 4.34. The van der Waals surface area contributed by atoms with Crippen LogP contribution in [0.15, 0.2) is 30.6 Å². The SMILES string of the molecule is COC(=O)N1c2ccc(-c3cnn(CC4CNCNC4)c3)cc2N(C(=O)OC(C)C)C[C@@H]1C. The lowest BCUT2D eigenvalue weighted by atomic mass is 10.0. The van der Waals surface area contributed by atoms with Gasteiger partial charge in [-0.05, 0) is 38.5 Å². The summed E-state index contributed by atoms with van der Waals surface area (Å²) in [7, 11) is 1.36. The maximum absolute atomic E-state index is 12.9. The highest BCUT2D eigenvalue weighted by molar-refractivity contribution is 6.01. The quantitative estimate of drug-likeness (QED) is 0.729. The second kappa shape index (κ2) is 9.80. The Kier molecular flexibility index (Phi) is 6.85. The molecule has 1 fully saturated rings. The van der Waals surface area contributed by atoms with E-state index in [2.05, 4.69) is 15.7 Å². The Morgan fingerprint density at radius 3 is 2.61 bits per heavy atom. The van der Waals surface area contributed by atoms with Gasteiger partial charge in [-0.25, -0.2) is 9.59 Å². The van der Waals surface area contributed by atoms with Crippen molar-refractivity contribution in [3.63, 3.8) is 0 Å². The van der Waals surface area contributed by atoms with Crippen LogP contribution >= 0.6 is 0 Å². The summed E-state index contributed by atoms with van der Waals surface area (Å²) in [6.45, 7) is 9.37. The Morgan fingerprint density at radius 1 is 1.15 bits per heavy atom. The predicted molar refractivity (Wildman–Crippen MR) is 125 cm³/mol. The number of fused-ring (bicyclic) bond motifs is 1. The number of hydrogen-bond donors (Lipinski definition) is 2. The first-order valence-corrected chi connectivity index (χ1v) is 11.3. The van der Waals surface area contributed by atoms with Gasteiger partial charge in [-0.2, -0.15) is 5.10 Å². The summed E-state index contributed by atoms with van der Waals surface area (Å²) in [6.07, 6.45) is 2.69. The molecule has 178 valence electrons. The number of ether oxygens (including phenoxy) is 2. The number of amides is 2. The van der Waals surface area contributed by atoms with Crippen LogP contribution in [0.2, 0.25) is 0 Å². The van der Waals surface area contributed by atoms with Crippen molar-refractivity contribution in [2.75, 3.05) is 43.2 Å². The van der Waals surface area contributed by atoms with Crippen LogP contribution in [0.5, 0.6) is 0 Å². The number of hydrogen-bond acceptors (Lipinski definition) is 7. The molecule has 3 heterocycles. The standard InChI is InChI=1S/C23H32N6O4/c1-15(2)33-22(30)28-11-16(3)29(23(31)32-4)20-6-5-18(7-21(20)28)19-10-26-27(13-19)12-17-8-24-14-25-9-17/h5-7,10,13,15-17,24-25H,8-9,11-12,14H2,1-4H3/t16-/m0/s1. The molecule has 10 nitrogen and oxygen atoms in total. The first-order chi connectivity index (χ1) is 15.9. The van der Waals surface area contributed by atoms with E-state index in [1.807, 2.05) is 56.0 Å². The highest BCUT2D eigenvalue weighted by atomic mass is 16.6. The minimum Gasteiger partial charge on any atom is -0.452 e. The van der Waals surface area contributed by atoms with E-state index in [-0.39, 0.29) is 12.1 Å². The summed E-state index contributed by atoms with van der Waals surface area (Å²) < 4.78 is 12.4. The molecular weight excluding hydrogens is 424 g/mol. The molecule has 2 aromatic rings. The minimum atomic E-state index is -0.462. The highest BCUT2D eigenvalue weighted by Crippen LogP contribution is 2.39. The zero-order valence-electron chi connectivity index (χ0n) is 19.6. The number of nitrogens with zero attached hydrogens (tertiary/aromatic N) is 4. The van der Waals surface area contributed by atoms with Crippen LogP contribution < -0.4 is 20.4 Å². The van der Waals surface area contributed by atoms with Gasteiger partial charge in [-0.15, -0.1) is 0 Å². The summed E-state index contributed by atoms with van der Waals surface area (Å²) in [5, 5.41) is 11.2. The third kappa shape index (κ3) is 4.96. The minimum absolute atomic E-state index is 0.250. The molecule has 0 bridgehead atoms. The molecule has 1 atom stereocenters. The molecule has 1 aromatic heterocycles.